The Hall–Kier alpha value is -2.15. The topological polar surface area (TPSA) is 81.9 Å². The van der Waals surface area contributed by atoms with Crippen LogP contribution in [0.3, 0.4) is 0 Å². The molecule has 0 bridgehead atoms. The molecule has 0 radical (unpaired) electrons. The van der Waals surface area contributed by atoms with Crippen LogP contribution in [0.5, 0.6) is 5.75 Å². The summed E-state index contributed by atoms with van der Waals surface area (Å²) in [6.45, 7) is 6.80. The lowest BCUT2D eigenvalue weighted by Crippen LogP contribution is -2.46. The number of nitro groups is 1. The molecule has 2 rings (SSSR count). The van der Waals surface area contributed by atoms with E-state index >= 15 is 0 Å². The van der Waals surface area contributed by atoms with Gasteiger partial charge in [0.2, 0.25) is 0 Å². The van der Waals surface area contributed by atoms with Crippen molar-refractivity contribution in [3.8, 4) is 5.75 Å². The molecule has 1 heterocycles. The quantitative estimate of drug-likeness (QED) is 0.626. The molecule has 1 aromatic carbocycles. The SMILES string of the molecule is Cc1ccc([N+](=O)[O-])c(C)c1OCC(=O)N1CCO[C@@H](C)C1. The predicted octanol–water partition coefficient (Wildman–Crippen LogP) is 1.84. The highest BCUT2D eigenvalue weighted by atomic mass is 16.6. The number of morpholine rings is 1. The summed E-state index contributed by atoms with van der Waals surface area (Å²) in [6, 6.07) is 3.07. The van der Waals surface area contributed by atoms with E-state index in [9.17, 15) is 14.9 Å². The molecule has 1 aromatic rings. The van der Waals surface area contributed by atoms with Crippen LogP contribution in [0.2, 0.25) is 0 Å². The molecule has 0 N–H and O–H groups in total. The van der Waals surface area contributed by atoms with Gasteiger partial charge in [0.15, 0.2) is 6.61 Å². The van der Waals surface area contributed by atoms with Crippen LogP contribution in [0, 0.1) is 24.0 Å². The van der Waals surface area contributed by atoms with Crippen LogP contribution in [-0.4, -0.2) is 48.1 Å². The standard InChI is InChI=1S/C15H20N2O5/c1-10-4-5-13(17(19)20)12(3)15(10)22-9-14(18)16-6-7-21-11(2)8-16/h4-5,11H,6-9H2,1-3H3/t11-/m0/s1. The number of benzene rings is 1. The zero-order valence-electron chi connectivity index (χ0n) is 13.0. The molecule has 120 valence electrons. The number of rotatable bonds is 4. The molecular formula is C15H20N2O5. The number of nitrogens with zero attached hydrogens (tertiary/aromatic N) is 2. The molecule has 1 saturated heterocycles. The van der Waals surface area contributed by atoms with Crippen LogP contribution in [0.15, 0.2) is 12.1 Å². The van der Waals surface area contributed by atoms with Crippen molar-refractivity contribution in [1.29, 1.82) is 0 Å². The van der Waals surface area contributed by atoms with Gasteiger partial charge in [-0.2, -0.15) is 0 Å². The minimum atomic E-state index is -0.451. The minimum Gasteiger partial charge on any atom is -0.483 e. The second-order valence-electron chi connectivity index (χ2n) is 5.42. The molecule has 0 unspecified atom stereocenters. The zero-order chi connectivity index (χ0) is 16.3. The molecule has 1 amide bonds. The number of hydrogen-bond acceptors (Lipinski definition) is 5. The predicted molar refractivity (Wildman–Crippen MR) is 80.1 cm³/mol. The summed E-state index contributed by atoms with van der Waals surface area (Å²) in [5.41, 5.74) is 1.20. The monoisotopic (exact) mass is 308 g/mol. The summed E-state index contributed by atoms with van der Waals surface area (Å²) in [6.07, 6.45) is 0.0129. The van der Waals surface area contributed by atoms with Gasteiger partial charge >= 0.3 is 0 Å². The zero-order valence-corrected chi connectivity index (χ0v) is 13.0. The normalized spacial score (nSPS) is 18.1. The Morgan fingerprint density at radius 3 is 2.86 bits per heavy atom. The second-order valence-corrected chi connectivity index (χ2v) is 5.42. The van der Waals surface area contributed by atoms with Gasteiger partial charge in [-0.25, -0.2) is 0 Å². The first-order valence-corrected chi connectivity index (χ1v) is 7.17. The van der Waals surface area contributed by atoms with Crippen molar-refractivity contribution < 1.29 is 19.2 Å². The van der Waals surface area contributed by atoms with Crippen LogP contribution < -0.4 is 4.74 Å². The highest BCUT2D eigenvalue weighted by molar-refractivity contribution is 5.78. The maximum atomic E-state index is 12.2. The lowest BCUT2D eigenvalue weighted by molar-refractivity contribution is -0.385. The van der Waals surface area contributed by atoms with E-state index in [0.29, 0.717) is 31.0 Å². The van der Waals surface area contributed by atoms with Crippen LogP contribution in [0.1, 0.15) is 18.1 Å². The third kappa shape index (κ3) is 3.54. The van der Waals surface area contributed by atoms with Crippen molar-refractivity contribution in [3.63, 3.8) is 0 Å². The summed E-state index contributed by atoms with van der Waals surface area (Å²) in [5.74, 6) is 0.268. The number of hydrogen-bond donors (Lipinski definition) is 0. The highest BCUT2D eigenvalue weighted by Crippen LogP contribution is 2.30. The Morgan fingerprint density at radius 1 is 1.50 bits per heavy atom. The number of amides is 1. The van der Waals surface area contributed by atoms with E-state index in [1.54, 1.807) is 24.8 Å². The molecular weight excluding hydrogens is 288 g/mol. The van der Waals surface area contributed by atoms with Crippen molar-refractivity contribution in [3.05, 3.63) is 33.4 Å². The molecule has 1 aliphatic rings. The lowest BCUT2D eigenvalue weighted by atomic mass is 10.1. The van der Waals surface area contributed by atoms with Gasteiger partial charge in [-0.1, -0.05) is 0 Å². The van der Waals surface area contributed by atoms with E-state index < -0.39 is 4.92 Å². The Morgan fingerprint density at radius 2 is 2.23 bits per heavy atom. The molecule has 1 fully saturated rings. The van der Waals surface area contributed by atoms with Crippen molar-refractivity contribution >= 4 is 11.6 Å². The van der Waals surface area contributed by atoms with Crippen molar-refractivity contribution in [2.45, 2.75) is 26.9 Å². The van der Waals surface area contributed by atoms with E-state index in [4.69, 9.17) is 9.47 Å². The molecule has 0 aliphatic carbocycles. The summed E-state index contributed by atoms with van der Waals surface area (Å²) < 4.78 is 11.0. The third-order valence-electron chi connectivity index (χ3n) is 3.70. The first-order chi connectivity index (χ1) is 10.4. The maximum absolute atomic E-state index is 12.2. The summed E-state index contributed by atoms with van der Waals surface area (Å²) in [4.78, 5) is 24.4. The van der Waals surface area contributed by atoms with Gasteiger partial charge in [0.1, 0.15) is 5.75 Å². The van der Waals surface area contributed by atoms with E-state index in [-0.39, 0.29) is 24.3 Å². The van der Waals surface area contributed by atoms with E-state index in [0.717, 1.165) is 5.56 Å². The van der Waals surface area contributed by atoms with Gasteiger partial charge in [0.25, 0.3) is 11.6 Å². The van der Waals surface area contributed by atoms with Crippen LogP contribution in [0.25, 0.3) is 0 Å². The summed E-state index contributed by atoms with van der Waals surface area (Å²) in [5, 5.41) is 11.0. The summed E-state index contributed by atoms with van der Waals surface area (Å²) in [7, 11) is 0. The first-order valence-electron chi connectivity index (χ1n) is 7.17. The summed E-state index contributed by atoms with van der Waals surface area (Å²) >= 11 is 0. The van der Waals surface area contributed by atoms with Crippen LogP contribution >= 0.6 is 0 Å². The molecule has 0 spiro atoms. The fraction of sp³-hybridized carbons (Fsp3) is 0.533. The van der Waals surface area contributed by atoms with Gasteiger partial charge in [0, 0.05) is 19.2 Å². The Balaban J connectivity index is 2.06. The van der Waals surface area contributed by atoms with E-state index in [1.165, 1.54) is 6.07 Å². The smallest absolute Gasteiger partial charge is 0.276 e. The lowest BCUT2D eigenvalue weighted by Gasteiger charge is -2.31. The third-order valence-corrected chi connectivity index (χ3v) is 3.70. The number of carbonyl (C=O) groups is 1. The first kappa shape index (κ1) is 16.2. The Bertz CT molecular complexity index is 588. The fourth-order valence-corrected chi connectivity index (χ4v) is 2.51. The fourth-order valence-electron chi connectivity index (χ4n) is 2.51. The molecule has 1 atom stereocenters. The second kappa shape index (κ2) is 6.74. The molecule has 7 heteroatoms. The number of ether oxygens (including phenoxy) is 2. The Labute approximate surface area is 129 Å². The Kier molecular flexibility index (Phi) is 4.97. The highest BCUT2D eigenvalue weighted by Gasteiger charge is 2.23. The molecule has 22 heavy (non-hydrogen) atoms. The minimum absolute atomic E-state index is 0.00644. The van der Waals surface area contributed by atoms with Gasteiger partial charge in [-0.15, -0.1) is 0 Å². The maximum Gasteiger partial charge on any atom is 0.276 e. The molecule has 1 aliphatic heterocycles. The van der Waals surface area contributed by atoms with Crippen LogP contribution in [0.4, 0.5) is 5.69 Å². The van der Waals surface area contributed by atoms with Crippen molar-refractivity contribution in [2.75, 3.05) is 26.3 Å². The largest absolute Gasteiger partial charge is 0.483 e. The van der Waals surface area contributed by atoms with Gasteiger partial charge in [-0.05, 0) is 32.4 Å². The van der Waals surface area contributed by atoms with Crippen molar-refractivity contribution in [1.82, 2.24) is 4.90 Å². The number of aryl methyl sites for hydroxylation is 1. The molecule has 0 saturated carbocycles. The van der Waals surface area contributed by atoms with E-state index in [2.05, 4.69) is 0 Å². The average molecular weight is 308 g/mol. The van der Waals surface area contributed by atoms with Gasteiger partial charge < -0.3 is 14.4 Å². The van der Waals surface area contributed by atoms with Crippen LogP contribution in [-0.2, 0) is 9.53 Å². The van der Waals surface area contributed by atoms with Gasteiger partial charge in [-0.3, -0.25) is 14.9 Å². The molecule has 7 nitrogen and oxygen atoms in total. The number of nitro benzene ring substituents is 1. The van der Waals surface area contributed by atoms with Crippen molar-refractivity contribution in [2.24, 2.45) is 0 Å². The number of carbonyl (C=O) groups excluding carboxylic acids is 1. The van der Waals surface area contributed by atoms with E-state index in [1.807, 2.05) is 6.92 Å². The molecule has 0 aromatic heterocycles. The average Bonchev–Trinajstić information content (AvgIpc) is 2.46. The van der Waals surface area contributed by atoms with Gasteiger partial charge in [0.05, 0.1) is 23.2 Å².